The molecular formula is C37H35N13. The molecule has 0 spiro atoms. The van der Waals surface area contributed by atoms with Crippen molar-refractivity contribution < 1.29 is 0 Å². The molecule has 13 nitrogen and oxygen atoms in total. The molecule has 50 heavy (non-hydrogen) atoms. The monoisotopic (exact) mass is 661 g/mol. The highest BCUT2D eigenvalue weighted by atomic mass is 15.2. The molecule has 2 aliphatic carbocycles. The topological polar surface area (TPSA) is 177 Å². The summed E-state index contributed by atoms with van der Waals surface area (Å²) in [6.45, 7) is 1.62. The molecule has 13 heteroatoms. The number of aromatic nitrogens is 6. The molecule has 0 bridgehead atoms. The van der Waals surface area contributed by atoms with E-state index in [1.165, 1.54) is 36.8 Å². The number of imidazole rings is 1. The molecule has 2 aromatic carbocycles. The van der Waals surface area contributed by atoms with Crippen LogP contribution < -0.4 is 21.3 Å². The van der Waals surface area contributed by atoms with Crippen molar-refractivity contribution in [1.29, 1.82) is 5.26 Å². The zero-order valence-corrected chi connectivity index (χ0v) is 27.3. The number of anilines is 6. The molecule has 4 aliphatic rings. The number of aromatic amines is 1. The van der Waals surface area contributed by atoms with Crippen LogP contribution in [0.3, 0.4) is 0 Å². The number of amidine groups is 2. The highest BCUT2D eigenvalue weighted by Crippen LogP contribution is 2.38. The normalized spacial score (nSPS) is 16.3. The lowest BCUT2D eigenvalue weighted by atomic mass is 10.1. The van der Waals surface area contributed by atoms with E-state index in [4.69, 9.17) is 5.26 Å². The first kappa shape index (κ1) is 30.9. The SMILES string of the molecule is C1=C(C2CC2)CN=C1Nc1ccnc(Nc2ccc3nc[nH]c3c2)n1.N#CCc1ccc(Nc2nccc(NC3=NCC(C4CC4)=C3)n2)cc1. The van der Waals surface area contributed by atoms with Gasteiger partial charge in [-0.05, 0) is 109 Å². The third-order valence-electron chi connectivity index (χ3n) is 8.70. The number of hydrogen-bond acceptors (Lipinski definition) is 12. The van der Waals surface area contributed by atoms with Crippen molar-refractivity contribution >= 4 is 57.6 Å². The van der Waals surface area contributed by atoms with Gasteiger partial charge in [0.25, 0.3) is 0 Å². The van der Waals surface area contributed by atoms with Gasteiger partial charge in [-0.1, -0.05) is 12.1 Å². The molecule has 9 rings (SSSR count). The largest absolute Gasteiger partial charge is 0.345 e. The molecule has 0 saturated heterocycles. The van der Waals surface area contributed by atoms with Gasteiger partial charge in [0.1, 0.15) is 23.3 Å². The molecule has 0 unspecified atom stereocenters. The predicted molar refractivity (Wildman–Crippen MR) is 196 cm³/mol. The molecule has 0 amide bonds. The van der Waals surface area contributed by atoms with Crippen LogP contribution in [0.2, 0.25) is 0 Å². The van der Waals surface area contributed by atoms with Crippen LogP contribution in [0.1, 0.15) is 31.2 Å². The van der Waals surface area contributed by atoms with Crippen molar-refractivity contribution in [3.63, 3.8) is 0 Å². The van der Waals surface area contributed by atoms with Gasteiger partial charge in [-0.25, -0.2) is 15.0 Å². The summed E-state index contributed by atoms with van der Waals surface area (Å²) in [6, 6.07) is 19.4. The molecule has 248 valence electrons. The van der Waals surface area contributed by atoms with Gasteiger partial charge in [0.15, 0.2) is 0 Å². The van der Waals surface area contributed by atoms with Crippen LogP contribution >= 0.6 is 0 Å². The molecule has 5 N–H and O–H groups in total. The van der Waals surface area contributed by atoms with E-state index in [1.54, 1.807) is 18.7 Å². The summed E-state index contributed by atoms with van der Waals surface area (Å²) in [7, 11) is 0. The van der Waals surface area contributed by atoms with Gasteiger partial charge in [0, 0.05) is 23.8 Å². The van der Waals surface area contributed by atoms with E-state index in [1.807, 2.05) is 54.6 Å². The average Bonchev–Trinajstić information content (AvgIpc) is 4.02. The van der Waals surface area contributed by atoms with E-state index in [9.17, 15) is 0 Å². The number of nitrogens with zero attached hydrogens (tertiary/aromatic N) is 8. The number of nitriles is 1. The molecule has 2 fully saturated rings. The second-order valence-electron chi connectivity index (χ2n) is 12.6. The zero-order chi connectivity index (χ0) is 33.7. The number of rotatable bonds is 9. The fourth-order valence-electron chi connectivity index (χ4n) is 5.75. The molecule has 2 aliphatic heterocycles. The third kappa shape index (κ3) is 7.82. The Morgan fingerprint density at radius 3 is 1.84 bits per heavy atom. The fourth-order valence-corrected chi connectivity index (χ4v) is 5.75. The van der Waals surface area contributed by atoms with Gasteiger partial charge in [0.05, 0.1) is 42.9 Å². The van der Waals surface area contributed by atoms with Gasteiger partial charge in [-0.15, -0.1) is 0 Å². The fraction of sp³-hybridized carbons (Fsp3) is 0.243. The van der Waals surface area contributed by atoms with Crippen molar-refractivity contribution in [3.8, 4) is 6.07 Å². The molecular weight excluding hydrogens is 626 g/mol. The summed E-state index contributed by atoms with van der Waals surface area (Å²) in [6.07, 6.45) is 15.0. The van der Waals surface area contributed by atoms with E-state index in [0.717, 1.165) is 70.4 Å². The van der Waals surface area contributed by atoms with Crippen molar-refractivity contribution in [1.82, 2.24) is 29.9 Å². The van der Waals surface area contributed by atoms with Crippen LogP contribution in [-0.4, -0.2) is 54.7 Å². The Labute approximate surface area is 288 Å². The minimum absolute atomic E-state index is 0.411. The Bertz CT molecular complexity index is 2180. The molecule has 0 radical (unpaired) electrons. The number of fused-ring (bicyclic) bond motifs is 1. The van der Waals surface area contributed by atoms with E-state index in [-0.39, 0.29) is 0 Å². The van der Waals surface area contributed by atoms with Crippen LogP contribution in [0.25, 0.3) is 11.0 Å². The lowest BCUT2D eigenvalue weighted by Gasteiger charge is -2.08. The lowest BCUT2D eigenvalue weighted by Crippen LogP contribution is -2.09. The summed E-state index contributed by atoms with van der Waals surface area (Å²) >= 11 is 0. The second-order valence-corrected chi connectivity index (χ2v) is 12.6. The molecule has 2 saturated carbocycles. The van der Waals surface area contributed by atoms with Gasteiger partial charge in [0.2, 0.25) is 11.9 Å². The quantitative estimate of drug-likeness (QED) is 0.114. The number of benzene rings is 2. The first-order valence-electron chi connectivity index (χ1n) is 16.8. The number of nitrogens with one attached hydrogen (secondary N) is 5. The van der Waals surface area contributed by atoms with Gasteiger partial charge in [-0.3, -0.25) is 9.98 Å². The van der Waals surface area contributed by atoms with Gasteiger partial charge >= 0.3 is 0 Å². The van der Waals surface area contributed by atoms with Crippen molar-refractivity contribution in [2.45, 2.75) is 32.1 Å². The first-order valence-corrected chi connectivity index (χ1v) is 16.8. The molecule has 5 aromatic rings. The Balaban J connectivity index is 0.000000144. The predicted octanol–water partition coefficient (Wildman–Crippen LogP) is 6.70. The minimum Gasteiger partial charge on any atom is -0.345 e. The lowest BCUT2D eigenvalue weighted by molar-refractivity contribution is 0.959. The number of H-pyrrole nitrogens is 1. The second kappa shape index (κ2) is 14.0. The summed E-state index contributed by atoms with van der Waals surface area (Å²) in [5.41, 5.74) is 7.53. The van der Waals surface area contributed by atoms with Crippen LogP contribution in [0.15, 0.2) is 107 Å². The van der Waals surface area contributed by atoms with Gasteiger partial charge in [-0.2, -0.15) is 15.2 Å². The van der Waals surface area contributed by atoms with Crippen LogP contribution in [0, 0.1) is 23.2 Å². The first-order chi connectivity index (χ1) is 24.6. The molecule has 0 atom stereocenters. The van der Waals surface area contributed by atoms with Gasteiger partial charge < -0.3 is 26.3 Å². The number of hydrogen-bond donors (Lipinski definition) is 5. The summed E-state index contributed by atoms with van der Waals surface area (Å²) < 4.78 is 0. The Kier molecular flexibility index (Phi) is 8.63. The Hall–Kier alpha value is -6.42. The minimum atomic E-state index is 0.411. The van der Waals surface area contributed by atoms with Crippen molar-refractivity contribution in [2.24, 2.45) is 21.8 Å². The summed E-state index contributed by atoms with van der Waals surface area (Å²) in [5.74, 6) is 5.74. The zero-order valence-electron chi connectivity index (χ0n) is 27.3. The molecule has 5 heterocycles. The third-order valence-corrected chi connectivity index (χ3v) is 8.70. The smallest absolute Gasteiger partial charge is 0.229 e. The standard InChI is InChI=1S/C19H18N6.C18H17N7/c20-9-7-13-1-5-16(6-2-13)23-19-21-10-8-17(25-19)24-18-11-15(12-22-18)14-3-4-14;1-2-11(1)12-7-17(20-9-12)24-16-5-6-19-18(25-16)23-13-3-4-14-15(8-13)22-10-21-14/h1-2,5-6,8,10-11,14H,3-4,7,12H2,(H2,21,22,23,24,25);3-8,10-11H,1-2,9H2,(H,21,22)(H2,19,20,23,24,25). The maximum absolute atomic E-state index is 8.72. The van der Waals surface area contributed by atoms with Crippen molar-refractivity contribution in [3.05, 3.63) is 102 Å². The van der Waals surface area contributed by atoms with Crippen LogP contribution in [0.4, 0.5) is 34.9 Å². The molecule has 3 aromatic heterocycles. The Morgan fingerprint density at radius 2 is 1.26 bits per heavy atom. The maximum atomic E-state index is 8.72. The van der Waals surface area contributed by atoms with E-state index >= 15 is 0 Å². The number of aliphatic imine (C=N–C) groups is 2. The van der Waals surface area contributed by atoms with Crippen molar-refractivity contribution in [2.75, 3.05) is 34.4 Å². The van der Waals surface area contributed by atoms with E-state index in [2.05, 4.69) is 79.4 Å². The highest BCUT2D eigenvalue weighted by Gasteiger charge is 2.28. The van der Waals surface area contributed by atoms with Crippen LogP contribution in [-0.2, 0) is 6.42 Å². The van der Waals surface area contributed by atoms with Crippen LogP contribution in [0.5, 0.6) is 0 Å². The maximum Gasteiger partial charge on any atom is 0.229 e. The summed E-state index contributed by atoms with van der Waals surface area (Å²) in [4.78, 5) is 33.9. The highest BCUT2D eigenvalue weighted by molar-refractivity contribution is 6.06. The van der Waals surface area contributed by atoms with E-state index in [0.29, 0.717) is 24.1 Å². The van der Waals surface area contributed by atoms with E-state index < -0.39 is 0 Å². The Morgan fingerprint density at radius 1 is 0.680 bits per heavy atom. The summed E-state index contributed by atoms with van der Waals surface area (Å²) in [5, 5.41) is 21.6. The average molecular weight is 662 g/mol.